The molecule has 1 atom stereocenters. The number of nitrogens with one attached hydrogen (secondary N) is 1. The molecule has 0 aliphatic heterocycles. The molecule has 2 rings (SSSR count). The number of rotatable bonds is 4. The molecule has 16 heavy (non-hydrogen) atoms. The number of hydrazine groups is 1. The predicted molar refractivity (Wildman–Crippen MR) is 63.2 cm³/mol. The smallest absolute Gasteiger partial charge is 0.126 e. The van der Waals surface area contributed by atoms with E-state index in [1.165, 1.54) is 25.3 Å². The summed E-state index contributed by atoms with van der Waals surface area (Å²) >= 11 is 0. The van der Waals surface area contributed by atoms with Gasteiger partial charge in [-0.3, -0.25) is 11.3 Å². The quantitative estimate of drug-likeness (QED) is 0.607. The Kier molecular flexibility index (Phi) is 3.56. The van der Waals surface area contributed by atoms with Crippen LogP contribution in [-0.4, -0.2) is 0 Å². The number of aryl methyl sites for hydroxylation is 1. The van der Waals surface area contributed by atoms with Gasteiger partial charge < -0.3 is 0 Å². The second kappa shape index (κ2) is 4.93. The van der Waals surface area contributed by atoms with E-state index in [1.807, 2.05) is 12.1 Å². The van der Waals surface area contributed by atoms with Gasteiger partial charge in [-0.05, 0) is 36.5 Å². The Morgan fingerprint density at radius 2 is 2.25 bits per heavy atom. The summed E-state index contributed by atoms with van der Waals surface area (Å²) in [7, 11) is 0. The molecule has 1 aromatic carbocycles. The molecule has 1 aromatic rings. The second-order valence-electron chi connectivity index (χ2n) is 4.76. The van der Waals surface area contributed by atoms with Crippen molar-refractivity contribution in [1.82, 2.24) is 5.43 Å². The van der Waals surface area contributed by atoms with Gasteiger partial charge in [-0.25, -0.2) is 4.39 Å². The highest BCUT2D eigenvalue weighted by molar-refractivity contribution is 5.26. The maximum Gasteiger partial charge on any atom is 0.126 e. The average molecular weight is 222 g/mol. The fourth-order valence-electron chi connectivity index (χ4n) is 2.25. The van der Waals surface area contributed by atoms with E-state index in [-0.39, 0.29) is 11.9 Å². The fraction of sp³-hybridized carbons (Fsp3) is 0.538. The summed E-state index contributed by atoms with van der Waals surface area (Å²) in [6, 6.07) is 5.39. The molecule has 1 saturated carbocycles. The molecule has 1 fully saturated rings. The van der Waals surface area contributed by atoms with Crippen molar-refractivity contribution >= 4 is 0 Å². The van der Waals surface area contributed by atoms with Gasteiger partial charge in [-0.2, -0.15) is 0 Å². The molecule has 0 spiro atoms. The van der Waals surface area contributed by atoms with Crippen LogP contribution in [0.25, 0.3) is 0 Å². The molecular formula is C13H19FN2. The minimum Gasteiger partial charge on any atom is -0.271 e. The van der Waals surface area contributed by atoms with E-state index in [9.17, 15) is 4.39 Å². The third-order valence-corrected chi connectivity index (χ3v) is 3.58. The molecule has 2 nitrogen and oxygen atoms in total. The number of hydrogen-bond donors (Lipinski definition) is 2. The van der Waals surface area contributed by atoms with Crippen molar-refractivity contribution in [2.75, 3.05) is 0 Å². The van der Waals surface area contributed by atoms with Crippen molar-refractivity contribution in [2.45, 2.75) is 38.6 Å². The molecule has 88 valence electrons. The maximum absolute atomic E-state index is 13.2. The van der Waals surface area contributed by atoms with Crippen LogP contribution in [0.15, 0.2) is 18.2 Å². The first-order valence-corrected chi connectivity index (χ1v) is 5.93. The SMILES string of the molecule is Cc1cc(C(CC2CCC2)NN)ccc1F. The molecule has 1 aliphatic rings. The van der Waals surface area contributed by atoms with Gasteiger partial charge in [0.05, 0.1) is 0 Å². The Morgan fingerprint density at radius 1 is 1.50 bits per heavy atom. The minimum atomic E-state index is -0.150. The van der Waals surface area contributed by atoms with Crippen molar-refractivity contribution in [3.8, 4) is 0 Å². The van der Waals surface area contributed by atoms with Crippen LogP contribution in [0.3, 0.4) is 0 Å². The molecule has 0 saturated heterocycles. The minimum absolute atomic E-state index is 0.150. The number of halogens is 1. The van der Waals surface area contributed by atoms with Crippen LogP contribution in [0.5, 0.6) is 0 Å². The zero-order chi connectivity index (χ0) is 11.5. The van der Waals surface area contributed by atoms with Gasteiger partial charge >= 0.3 is 0 Å². The molecule has 0 amide bonds. The van der Waals surface area contributed by atoms with Gasteiger partial charge in [-0.1, -0.05) is 31.4 Å². The summed E-state index contributed by atoms with van der Waals surface area (Å²) in [6.07, 6.45) is 5.00. The van der Waals surface area contributed by atoms with Gasteiger partial charge in [0.1, 0.15) is 5.82 Å². The van der Waals surface area contributed by atoms with E-state index in [2.05, 4.69) is 5.43 Å². The van der Waals surface area contributed by atoms with Crippen molar-refractivity contribution in [3.63, 3.8) is 0 Å². The molecule has 0 heterocycles. The molecule has 3 heteroatoms. The lowest BCUT2D eigenvalue weighted by Gasteiger charge is -2.29. The standard InChI is InChI=1S/C13H19FN2/c1-9-7-11(5-6-12(9)14)13(16-15)8-10-3-2-4-10/h5-7,10,13,16H,2-4,8,15H2,1H3. The van der Waals surface area contributed by atoms with E-state index in [4.69, 9.17) is 5.84 Å². The molecule has 1 unspecified atom stereocenters. The predicted octanol–water partition coefficient (Wildman–Crippen LogP) is 2.83. The summed E-state index contributed by atoms with van der Waals surface area (Å²) < 4.78 is 13.2. The van der Waals surface area contributed by atoms with E-state index < -0.39 is 0 Å². The average Bonchev–Trinajstić information content (AvgIpc) is 2.21. The topological polar surface area (TPSA) is 38.0 Å². The maximum atomic E-state index is 13.2. The van der Waals surface area contributed by atoms with Crippen molar-refractivity contribution in [3.05, 3.63) is 35.1 Å². The lowest BCUT2D eigenvalue weighted by Crippen LogP contribution is -2.31. The van der Waals surface area contributed by atoms with Gasteiger partial charge in [0.15, 0.2) is 0 Å². The molecular weight excluding hydrogens is 203 g/mol. The number of benzene rings is 1. The van der Waals surface area contributed by atoms with Crippen LogP contribution in [0, 0.1) is 18.7 Å². The highest BCUT2D eigenvalue weighted by Gasteiger charge is 2.22. The first kappa shape index (κ1) is 11.6. The molecule has 3 N–H and O–H groups in total. The van der Waals surface area contributed by atoms with Gasteiger partial charge in [0.25, 0.3) is 0 Å². The summed E-state index contributed by atoms with van der Waals surface area (Å²) in [4.78, 5) is 0. The molecule has 0 aromatic heterocycles. The third-order valence-electron chi connectivity index (χ3n) is 3.58. The van der Waals surface area contributed by atoms with Gasteiger partial charge in [0.2, 0.25) is 0 Å². The zero-order valence-electron chi connectivity index (χ0n) is 9.67. The summed E-state index contributed by atoms with van der Waals surface area (Å²) in [5, 5.41) is 0. The Hall–Kier alpha value is -0.930. The second-order valence-corrected chi connectivity index (χ2v) is 4.76. The normalized spacial score (nSPS) is 18.2. The van der Waals surface area contributed by atoms with Gasteiger partial charge in [-0.15, -0.1) is 0 Å². The number of hydrogen-bond acceptors (Lipinski definition) is 2. The van der Waals surface area contributed by atoms with Crippen molar-refractivity contribution < 1.29 is 4.39 Å². The van der Waals surface area contributed by atoms with Crippen LogP contribution in [-0.2, 0) is 0 Å². The van der Waals surface area contributed by atoms with Crippen LogP contribution in [0.2, 0.25) is 0 Å². The summed E-state index contributed by atoms with van der Waals surface area (Å²) in [5.41, 5.74) is 4.62. The monoisotopic (exact) mass is 222 g/mol. The van der Waals surface area contributed by atoms with Crippen LogP contribution >= 0.6 is 0 Å². The van der Waals surface area contributed by atoms with Crippen molar-refractivity contribution in [2.24, 2.45) is 11.8 Å². The molecule has 0 radical (unpaired) electrons. The highest BCUT2D eigenvalue weighted by Crippen LogP contribution is 2.34. The van der Waals surface area contributed by atoms with E-state index >= 15 is 0 Å². The van der Waals surface area contributed by atoms with E-state index in [0.29, 0.717) is 5.56 Å². The van der Waals surface area contributed by atoms with E-state index in [0.717, 1.165) is 17.9 Å². The molecule has 0 bridgehead atoms. The largest absolute Gasteiger partial charge is 0.271 e. The third kappa shape index (κ3) is 2.42. The molecule has 1 aliphatic carbocycles. The summed E-state index contributed by atoms with van der Waals surface area (Å²) in [6.45, 7) is 1.79. The number of nitrogens with two attached hydrogens (primary N) is 1. The zero-order valence-corrected chi connectivity index (χ0v) is 9.67. The Balaban J connectivity index is 2.09. The van der Waals surface area contributed by atoms with Crippen LogP contribution in [0.1, 0.15) is 42.9 Å². The Labute approximate surface area is 96.0 Å². The first-order valence-electron chi connectivity index (χ1n) is 5.93. The highest BCUT2D eigenvalue weighted by atomic mass is 19.1. The van der Waals surface area contributed by atoms with Crippen LogP contribution < -0.4 is 11.3 Å². The lowest BCUT2D eigenvalue weighted by atomic mass is 9.79. The summed E-state index contributed by atoms with van der Waals surface area (Å²) in [5.74, 6) is 6.21. The van der Waals surface area contributed by atoms with E-state index in [1.54, 1.807) is 6.92 Å². The van der Waals surface area contributed by atoms with Crippen molar-refractivity contribution in [1.29, 1.82) is 0 Å². The van der Waals surface area contributed by atoms with Crippen LogP contribution in [0.4, 0.5) is 4.39 Å². The van der Waals surface area contributed by atoms with Gasteiger partial charge in [0, 0.05) is 6.04 Å². The first-order chi connectivity index (χ1) is 7.70. The fourth-order valence-corrected chi connectivity index (χ4v) is 2.25. The Morgan fingerprint density at radius 3 is 2.75 bits per heavy atom. The Bertz CT molecular complexity index is 361. The lowest BCUT2D eigenvalue weighted by molar-refractivity contribution is 0.262.